The van der Waals surface area contributed by atoms with Gasteiger partial charge in [0.25, 0.3) is 0 Å². The number of methoxy groups -OCH3 is 1. The summed E-state index contributed by atoms with van der Waals surface area (Å²) in [7, 11) is 1.58. The van der Waals surface area contributed by atoms with Crippen LogP contribution in [0.4, 0.5) is 0 Å². The van der Waals surface area contributed by atoms with Crippen LogP contribution in [0.2, 0.25) is 0 Å². The van der Waals surface area contributed by atoms with E-state index >= 15 is 0 Å². The molecule has 20 heavy (non-hydrogen) atoms. The van der Waals surface area contributed by atoms with Crippen LogP contribution in [0.15, 0.2) is 18.2 Å². The molecule has 1 aromatic rings. The molecule has 0 aliphatic heterocycles. The number of ether oxygens (including phenoxy) is 1. The van der Waals surface area contributed by atoms with Gasteiger partial charge in [-0.3, -0.25) is 0 Å². The molecule has 0 radical (unpaired) electrons. The molecule has 1 aromatic carbocycles. The number of nitrogens with one attached hydrogen (secondary N) is 1. The first kappa shape index (κ1) is 16.8. The molecular formula is C17H29NO2. The molecular weight excluding hydrogens is 250 g/mol. The van der Waals surface area contributed by atoms with E-state index in [1.165, 1.54) is 38.5 Å². The molecule has 1 atom stereocenters. The molecule has 3 nitrogen and oxygen atoms in total. The third-order valence-corrected chi connectivity index (χ3v) is 3.68. The molecule has 0 bridgehead atoms. The minimum Gasteiger partial charge on any atom is -0.504 e. The Morgan fingerprint density at radius 2 is 1.85 bits per heavy atom. The minimum atomic E-state index is 0.194. The second kappa shape index (κ2) is 9.65. The number of benzene rings is 1. The Hall–Kier alpha value is -1.22. The van der Waals surface area contributed by atoms with Crippen molar-refractivity contribution in [3.05, 3.63) is 23.8 Å². The topological polar surface area (TPSA) is 41.5 Å². The maximum absolute atomic E-state index is 9.59. The highest BCUT2D eigenvalue weighted by Crippen LogP contribution is 2.28. The van der Waals surface area contributed by atoms with E-state index in [9.17, 15) is 5.11 Å². The molecule has 0 amide bonds. The molecule has 0 aliphatic carbocycles. The Kier molecular flexibility index (Phi) is 8.12. The van der Waals surface area contributed by atoms with Crippen molar-refractivity contribution < 1.29 is 9.84 Å². The smallest absolute Gasteiger partial charge is 0.160 e. The van der Waals surface area contributed by atoms with Crippen molar-refractivity contribution in [3.63, 3.8) is 0 Å². The van der Waals surface area contributed by atoms with E-state index in [2.05, 4.69) is 19.2 Å². The van der Waals surface area contributed by atoms with Gasteiger partial charge >= 0.3 is 0 Å². The van der Waals surface area contributed by atoms with E-state index in [0.29, 0.717) is 5.75 Å². The Morgan fingerprint density at radius 3 is 2.55 bits per heavy atom. The second-order valence-corrected chi connectivity index (χ2v) is 5.37. The van der Waals surface area contributed by atoms with Gasteiger partial charge in [0.2, 0.25) is 0 Å². The van der Waals surface area contributed by atoms with Gasteiger partial charge in [-0.1, -0.05) is 45.1 Å². The van der Waals surface area contributed by atoms with Gasteiger partial charge in [-0.05, 0) is 37.6 Å². The van der Waals surface area contributed by atoms with Crippen LogP contribution in [0, 0.1) is 0 Å². The lowest BCUT2D eigenvalue weighted by Gasteiger charge is -2.15. The van der Waals surface area contributed by atoms with Gasteiger partial charge in [0, 0.05) is 6.04 Å². The van der Waals surface area contributed by atoms with Crippen molar-refractivity contribution in [2.75, 3.05) is 13.7 Å². The van der Waals surface area contributed by atoms with Crippen molar-refractivity contribution in [1.82, 2.24) is 5.32 Å². The zero-order valence-corrected chi connectivity index (χ0v) is 13.1. The fourth-order valence-corrected chi connectivity index (χ4v) is 2.31. The van der Waals surface area contributed by atoms with Crippen LogP contribution < -0.4 is 10.1 Å². The molecule has 0 saturated carbocycles. The molecule has 0 heterocycles. The Bertz CT molecular complexity index is 379. The first-order valence-corrected chi connectivity index (χ1v) is 7.79. The molecule has 3 heteroatoms. The molecule has 114 valence electrons. The summed E-state index contributed by atoms with van der Waals surface area (Å²) < 4.78 is 5.14. The summed E-state index contributed by atoms with van der Waals surface area (Å²) in [5.41, 5.74) is 1.14. The van der Waals surface area contributed by atoms with E-state index in [0.717, 1.165) is 12.1 Å². The largest absolute Gasteiger partial charge is 0.504 e. The zero-order valence-electron chi connectivity index (χ0n) is 13.1. The summed E-state index contributed by atoms with van der Waals surface area (Å²) >= 11 is 0. The van der Waals surface area contributed by atoms with Crippen LogP contribution in [-0.4, -0.2) is 18.8 Å². The third-order valence-electron chi connectivity index (χ3n) is 3.68. The molecule has 0 aliphatic rings. The molecule has 0 saturated heterocycles. The molecule has 0 fully saturated rings. The fourth-order valence-electron chi connectivity index (χ4n) is 2.31. The molecule has 0 spiro atoms. The molecule has 0 aromatic heterocycles. The number of phenolic OH excluding ortho intramolecular Hbond substituents is 1. The highest BCUT2D eigenvalue weighted by Gasteiger charge is 2.08. The van der Waals surface area contributed by atoms with Crippen molar-refractivity contribution in [2.24, 2.45) is 0 Å². The average Bonchev–Trinajstić information content (AvgIpc) is 2.46. The lowest BCUT2D eigenvalue weighted by molar-refractivity contribution is 0.372. The number of hydrogen-bond acceptors (Lipinski definition) is 3. The standard InChI is InChI=1S/C17H29NO2/c1-4-5-6-7-8-9-12-18-14(2)15-10-11-16(19)17(13-15)20-3/h10-11,13-14,18-19H,4-9,12H2,1-3H3. The Labute approximate surface area is 123 Å². The Morgan fingerprint density at radius 1 is 1.15 bits per heavy atom. The van der Waals surface area contributed by atoms with Crippen LogP contribution in [-0.2, 0) is 0 Å². The number of phenols is 1. The summed E-state index contributed by atoms with van der Waals surface area (Å²) in [6.45, 7) is 5.43. The van der Waals surface area contributed by atoms with Crippen LogP contribution in [0.1, 0.15) is 64.0 Å². The summed E-state index contributed by atoms with van der Waals surface area (Å²) in [6.07, 6.45) is 7.90. The van der Waals surface area contributed by atoms with Gasteiger partial charge in [-0.15, -0.1) is 0 Å². The van der Waals surface area contributed by atoms with Gasteiger partial charge in [0.1, 0.15) is 0 Å². The van der Waals surface area contributed by atoms with E-state index < -0.39 is 0 Å². The van der Waals surface area contributed by atoms with Gasteiger partial charge in [0.05, 0.1) is 7.11 Å². The van der Waals surface area contributed by atoms with Crippen LogP contribution in [0.3, 0.4) is 0 Å². The van der Waals surface area contributed by atoms with Crippen molar-refractivity contribution in [2.45, 2.75) is 58.4 Å². The van der Waals surface area contributed by atoms with Crippen LogP contribution in [0.25, 0.3) is 0 Å². The summed E-state index contributed by atoms with van der Waals surface area (Å²) in [5, 5.41) is 13.1. The average molecular weight is 279 g/mol. The number of aromatic hydroxyl groups is 1. The van der Waals surface area contributed by atoms with Crippen molar-refractivity contribution >= 4 is 0 Å². The number of unbranched alkanes of at least 4 members (excludes halogenated alkanes) is 5. The zero-order chi connectivity index (χ0) is 14.8. The van der Waals surface area contributed by atoms with Gasteiger partial charge < -0.3 is 15.2 Å². The fraction of sp³-hybridized carbons (Fsp3) is 0.647. The van der Waals surface area contributed by atoms with E-state index in [1.54, 1.807) is 13.2 Å². The monoisotopic (exact) mass is 279 g/mol. The first-order valence-electron chi connectivity index (χ1n) is 7.79. The van der Waals surface area contributed by atoms with Gasteiger partial charge in [-0.2, -0.15) is 0 Å². The van der Waals surface area contributed by atoms with E-state index in [-0.39, 0.29) is 11.8 Å². The van der Waals surface area contributed by atoms with E-state index in [4.69, 9.17) is 4.74 Å². The van der Waals surface area contributed by atoms with Crippen molar-refractivity contribution in [1.29, 1.82) is 0 Å². The SMILES string of the molecule is CCCCCCCCNC(C)c1ccc(O)c(OC)c1. The second-order valence-electron chi connectivity index (χ2n) is 5.37. The van der Waals surface area contributed by atoms with Gasteiger partial charge in [-0.25, -0.2) is 0 Å². The highest BCUT2D eigenvalue weighted by molar-refractivity contribution is 5.42. The lowest BCUT2D eigenvalue weighted by atomic mass is 10.1. The lowest BCUT2D eigenvalue weighted by Crippen LogP contribution is -2.19. The maximum Gasteiger partial charge on any atom is 0.160 e. The van der Waals surface area contributed by atoms with Crippen LogP contribution in [0.5, 0.6) is 11.5 Å². The van der Waals surface area contributed by atoms with E-state index in [1.807, 2.05) is 12.1 Å². The Balaban J connectivity index is 2.27. The predicted molar refractivity (Wildman–Crippen MR) is 84.5 cm³/mol. The molecule has 1 rings (SSSR count). The highest BCUT2D eigenvalue weighted by atomic mass is 16.5. The normalized spacial score (nSPS) is 12.3. The summed E-state index contributed by atoms with van der Waals surface area (Å²) in [6, 6.07) is 5.81. The maximum atomic E-state index is 9.59. The molecule has 1 unspecified atom stereocenters. The van der Waals surface area contributed by atoms with Gasteiger partial charge in [0.15, 0.2) is 11.5 Å². The predicted octanol–water partition coefficient (Wildman–Crippen LogP) is 4.41. The minimum absolute atomic E-state index is 0.194. The number of rotatable bonds is 10. The number of hydrogen-bond donors (Lipinski definition) is 2. The quantitative estimate of drug-likeness (QED) is 0.623. The van der Waals surface area contributed by atoms with Crippen LogP contribution >= 0.6 is 0 Å². The molecule has 2 N–H and O–H groups in total. The summed E-state index contributed by atoms with van der Waals surface area (Å²) in [5.74, 6) is 0.732. The summed E-state index contributed by atoms with van der Waals surface area (Å²) in [4.78, 5) is 0. The van der Waals surface area contributed by atoms with Crippen molar-refractivity contribution in [3.8, 4) is 11.5 Å². The first-order chi connectivity index (χ1) is 9.69. The third kappa shape index (κ3) is 5.83.